The maximum absolute atomic E-state index is 12.0. The van der Waals surface area contributed by atoms with Gasteiger partial charge in [0.2, 0.25) is 0 Å². The van der Waals surface area contributed by atoms with E-state index >= 15 is 0 Å². The van der Waals surface area contributed by atoms with Crippen LogP contribution in [0.1, 0.15) is 15.9 Å². The van der Waals surface area contributed by atoms with E-state index < -0.39 is 28.5 Å². The van der Waals surface area contributed by atoms with Gasteiger partial charge in [-0.1, -0.05) is 6.07 Å². The number of sulfone groups is 1. The van der Waals surface area contributed by atoms with Gasteiger partial charge in [0.1, 0.15) is 6.54 Å². The number of carbonyl (C=O) groups excluding carboxylic acids is 1. The van der Waals surface area contributed by atoms with Crippen molar-refractivity contribution in [3.8, 4) is 0 Å². The summed E-state index contributed by atoms with van der Waals surface area (Å²) in [6.07, 6.45) is -3.56. The molecule has 0 aliphatic rings. The van der Waals surface area contributed by atoms with Crippen molar-refractivity contribution in [2.45, 2.75) is 18.0 Å². The predicted octanol–water partition coefficient (Wildman–Crippen LogP) is 1.69. The molecular weight excluding hydrogens is 283 g/mol. The summed E-state index contributed by atoms with van der Waals surface area (Å²) in [5.74, 6) is -0.958. The van der Waals surface area contributed by atoms with Crippen LogP contribution in [0.2, 0.25) is 0 Å². The summed E-state index contributed by atoms with van der Waals surface area (Å²) in [5.41, 5.74) is 0.305. The summed E-state index contributed by atoms with van der Waals surface area (Å²) in [5, 5.41) is 1.70. The van der Waals surface area contributed by atoms with E-state index in [9.17, 15) is 26.4 Å². The summed E-state index contributed by atoms with van der Waals surface area (Å²) in [6, 6.07) is 3.74. The molecule has 1 N–H and O–H groups in total. The lowest BCUT2D eigenvalue weighted by Crippen LogP contribution is -2.34. The van der Waals surface area contributed by atoms with E-state index in [-0.39, 0.29) is 10.5 Å². The fourth-order valence-electron chi connectivity index (χ4n) is 1.35. The molecule has 0 heterocycles. The predicted molar refractivity (Wildman–Crippen MR) is 62.7 cm³/mol. The third kappa shape index (κ3) is 4.55. The Morgan fingerprint density at radius 2 is 1.89 bits per heavy atom. The van der Waals surface area contributed by atoms with Gasteiger partial charge in [0.25, 0.3) is 5.91 Å². The molecule has 0 saturated carbocycles. The van der Waals surface area contributed by atoms with Gasteiger partial charge in [0.15, 0.2) is 9.84 Å². The second kappa shape index (κ2) is 5.20. The Bertz CT molecular complexity index is 594. The van der Waals surface area contributed by atoms with Crippen LogP contribution in [0.5, 0.6) is 0 Å². The summed E-state index contributed by atoms with van der Waals surface area (Å²) in [6.45, 7) is 0.0446. The summed E-state index contributed by atoms with van der Waals surface area (Å²) in [4.78, 5) is 11.5. The molecule has 0 fully saturated rings. The molecule has 1 rings (SSSR count). The molecule has 19 heavy (non-hydrogen) atoms. The number of halogens is 3. The van der Waals surface area contributed by atoms with Gasteiger partial charge in [0, 0.05) is 11.8 Å². The van der Waals surface area contributed by atoms with E-state index in [2.05, 4.69) is 0 Å². The zero-order valence-electron chi connectivity index (χ0n) is 10.2. The van der Waals surface area contributed by atoms with Crippen LogP contribution in [0.4, 0.5) is 13.2 Å². The van der Waals surface area contributed by atoms with Gasteiger partial charge in [-0.15, -0.1) is 0 Å². The number of hydrogen-bond donors (Lipinski definition) is 1. The van der Waals surface area contributed by atoms with Crippen molar-refractivity contribution in [1.82, 2.24) is 5.32 Å². The standard InChI is InChI=1S/C11H12F3NO3S/c1-7-3-4-8(19(2,17)18)5-9(7)10(16)15-6-11(12,13)14/h3-5H,6H2,1-2H3,(H,15,16). The third-order valence-electron chi connectivity index (χ3n) is 2.33. The van der Waals surface area contributed by atoms with Crippen LogP contribution in [0.15, 0.2) is 23.1 Å². The average Bonchev–Trinajstić information content (AvgIpc) is 2.24. The Labute approximate surface area is 108 Å². The number of benzene rings is 1. The van der Waals surface area contributed by atoms with Gasteiger partial charge in [-0.05, 0) is 24.6 Å². The van der Waals surface area contributed by atoms with Gasteiger partial charge < -0.3 is 5.32 Å². The maximum Gasteiger partial charge on any atom is 0.405 e. The average molecular weight is 295 g/mol. The monoisotopic (exact) mass is 295 g/mol. The molecule has 0 radical (unpaired) electrons. The van der Waals surface area contributed by atoms with Crippen LogP contribution >= 0.6 is 0 Å². The van der Waals surface area contributed by atoms with Crippen molar-refractivity contribution >= 4 is 15.7 Å². The second-order valence-electron chi connectivity index (χ2n) is 4.05. The molecule has 0 aliphatic heterocycles. The first-order valence-corrected chi connectivity index (χ1v) is 7.05. The number of hydrogen-bond acceptors (Lipinski definition) is 3. The SMILES string of the molecule is Cc1ccc(S(C)(=O)=O)cc1C(=O)NCC(F)(F)F. The van der Waals surface area contributed by atoms with Crippen molar-refractivity contribution in [3.05, 3.63) is 29.3 Å². The first-order chi connectivity index (χ1) is 8.50. The van der Waals surface area contributed by atoms with Crippen LogP contribution in [0.25, 0.3) is 0 Å². The van der Waals surface area contributed by atoms with Crippen molar-refractivity contribution in [2.24, 2.45) is 0 Å². The Hall–Kier alpha value is -1.57. The Morgan fingerprint density at radius 3 is 2.37 bits per heavy atom. The number of amides is 1. The minimum Gasteiger partial charge on any atom is -0.343 e. The number of nitrogens with one attached hydrogen (secondary N) is 1. The summed E-state index contributed by atoms with van der Waals surface area (Å²) >= 11 is 0. The molecule has 0 aliphatic carbocycles. The van der Waals surface area contributed by atoms with Crippen LogP contribution < -0.4 is 5.32 Å². The first kappa shape index (κ1) is 15.5. The lowest BCUT2D eigenvalue weighted by atomic mass is 10.1. The van der Waals surface area contributed by atoms with E-state index in [1.807, 2.05) is 0 Å². The quantitative estimate of drug-likeness (QED) is 0.923. The topological polar surface area (TPSA) is 63.2 Å². The molecule has 1 amide bonds. The molecule has 0 atom stereocenters. The zero-order valence-corrected chi connectivity index (χ0v) is 11.0. The highest BCUT2D eigenvalue weighted by atomic mass is 32.2. The first-order valence-electron chi connectivity index (χ1n) is 5.16. The van der Waals surface area contributed by atoms with Gasteiger partial charge in [0.05, 0.1) is 4.90 Å². The van der Waals surface area contributed by atoms with Crippen LogP contribution in [-0.2, 0) is 9.84 Å². The molecule has 0 aromatic heterocycles. The number of alkyl halides is 3. The molecule has 1 aromatic rings. The van der Waals surface area contributed by atoms with E-state index in [1.165, 1.54) is 19.1 Å². The Balaban J connectivity index is 3.03. The van der Waals surface area contributed by atoms with Gasteiger partial charge in [-0.3, -0.25) is 4.79 Å². The molecule has 8 heteroatoms. The summed E-state index contributed by atoms with van der Waals surface area (Å²) in [7, 11) is -3.52. The lowest BCUT2D eigenvalue weighted by Gasteiger charge is -2.11. The molecule has 106 valence electrons. The second-order valence-corrected chi connectivity index (χ2v) is 6.06. The fourth-order valence-corrected chi connectivity index (χ4v) is 2.00. The van der Waals surface area contributed by atoms with Crippen molar-refractivity contribution < 1.29 is 26.4 Å². The molecular formula is C11H12F3NO3S. The fraction of sp³-hybridized carbons (Fsp3) is 0.364. The molecule has 0 spiro atoms. The van der Waals surface area contributed by atoms with Crippen LogP contribution in [-0.4, -0.2) is 33.3 Å². The number of carbonyl (C=O) groups is 1. The third-order valence-corrected chi connectivity index (χ3v) is 3.44. The van der Waals surface area contributed by atoms with E-state index in [0.29, 0.717) is 5.56 Å². The van der Waals surface area contributed by atoms with Gasteiger partial charge in [-0.25, -0.2) is 8.42 Å². The number of rotatable bonds is 3. The van der Waals surface area contributed by atoms with Crippen molar-refractivity contribution in [1.29, 1.82) is 0 Å². The largest absolute Gasteiger partial charge is 0.405 e. The normalized spacial score (nSPS) is 12.3. The van der Waals surface area contributed by atoms with Crippen molar-refractivity contribution in [2.75, 3.05) is 12.8 Å². The highest BCUT2D eigenvalue weighted by molar-refractivity contribution is 7.90. The van der Waals surface area contributed by atoms with Crippen LogP contribution in [0, 0.1) is 6.92 Å². The van der Waals surface area contributed by atoms with Crippen molar-refractivity contribution in [3.63, 3.8) is 0 Å². The summed E-state index contributed by atoms with van der Waals surface area (Å²) < 4.78 is 58.6. The molecule has 0 bridgehead atoms. The maximum atomic E-state index is 12.0. The molecule has 1 aromatic carbocycles. The smallest absolute Gasteiger partial charge is 0.343 e. The zero-order chi connectivity index (χ0) is 14.8. The Kier molecular flexibility index (Phi) is 4.24. The van der Waals surface area contributed by atoms with E-state index in [4.69, 9.17) is 0 Å². The van der Waals surface area contributed by atoms with E-state index in [1.54, 1.807) is 5.32 Å². The lowest BCUT2D eigenvalue weighted by molar-refractivity contribution is -0.123. The molecule has 4 nitrogen and oxygen atoms in total. The minimum atomic E-state index is -4.52. The van der Waals surface area contributed by atoms with Gasteiger partial charge in [-0.2, -0.15) is 13.2 Å². The Morgan fingerprint density at radius 1 is 1.32 bits per heavy atom. The van der Waals surface area contributed by atoms with Gasteiger partial charge >= 0.3 is 6.18 Å². The molecule has 0 unspecified atom stereocenters. The molecule has 0 saturated heterocycles. The highest BCUT2D eigenvalue weighted by Crippen LogP contribution is 2.17. The van der Waals surface area contributed by atoms with E-state index in [0.717, 1.165) is 12.3 Å². The number of aryl methyl sites for hydroxylation is 1. The highest BCUT2D eigenvalue weighted by Gasteiger charge is 2.28. The van der Waals surface area contributed by atoms with Crippen LogP contribution in [0.3, 0.4) is 0 Å². The minimum absolute atomic E-state index is 0.0906.